The van der Waals surface area contributed by atoms with Crippen LogP contribution in [0.4, 0.5) is 4.39 Å². The van der Waals surface area contributed by atoms with Crippen molar-refractivity contribution in [2.75, 3.05) is 13.7 Å². The molecule has 0 aliphatic heterocycles. The monoisotopic (exact) mass is 266 g/mol. The van der Waals surface area contributed by atoms with Crippen molar-refractivity contribution in [2.45, 2.75) is 25.8 Å². The Balaban J connectivity index is 1.95. The average molecular weight is 266 g/mol. The third-order valence-electron chi connectivity index (χ3n) is 3.85. The third-order valence-corrected chi connectivity index (χ3v) is 3.85. The quantitative estimate of drug-likeness (QED) is 0.850. The number of carbonyl (C=O) groups excluding carboxylic acids is 1. The number of nitrogens with one attached hydrogen (secondary N) is 1. The number of benzene rings is 1. The molecule has 19 heavy (non-hydrogen) atoms. The first-order valence-electron chi connectivity index (χ1n) is 6.42. The van der Waals surface area contributed by atoms with Crippen LogP contribution >= 0.6 is 0 Å². The second-order valence-electron chi connectivity index (χ2n) is 4.99. The maximum absolute atomic E-state index is 13.5. The molecule has 1 saturated carbocycles. The molecule has 1 aliphatic carbocycles. The van der Waals surface area contributed by atoms with Gasteiger partial charge in [0.25, 0.3) is 0 Å². The average Bonchev–Trinajstić information content (AvgIpc) is 2.36. The van der Waals surface area contributed by atoms with Gasteiger partial charge in [-0.2, -0.15) is 0 Å². The van der Waals surface area contributed by atoms with E-state index < -0.39 is 11.2 Å². The number of amides is 1. The first kappa shape index (κ1) is 13.8. The van der Waals surface area contributed by atoms with Gasteiger partial charge in [0, 0.05) is 13.1 Å². The number of hydrogen-bond acceptors (Lipinski definition) is 3. The Morgan fingerprint density at radius 1 is 1.53 bits per heavy atom. The summed E-state index contributed by atoms with van der Waals surface area (Å²) in [7, 11) is 1.42. The van der Waals surface area contributed by atoms with Crippen LogP contribution in [-0.2, 0) is 11.3 Å². The molecule has 104 valence electrons. The van der Waals surface area contributed by atoms with E-state index in [4.69, 9.17) is 10.5 Å². The van der Waals surface area contributed by atoms with Gasteiger partial charge >= 0.3 is 0 Å². The summed E-state index contributed by atoms with van der Waals surface area (Å²) in [5, 5.41) is 2.83. The molecule has 0 atom stereocenters. The van der Waals surface area contributed by atoms with Crippen molar-refractivity contribution in [3.05, 3.63) is 29.6 Å². The summed E-state index contributed by atoms with van der Waals surface area (Å²) in [6.07, 6.45) is 2.72. The predicted octanol–water partition coefficient (Wildman–Crippen LogP) is 1.58. The van der Waals surface area contributed by atoms with Crippen LogP contribution in [0.5, 0.6) is 5.75 Å². The van der Waals surface area contributed by atoms with E-state index in [0.717, 1.165) is 19.3 Å². The normalized spacial score (nSPS) is 16.6. The molecular weight excluding hydrogens is 247 g/mol. The van der Waals surface area contributed by atoms with Crippen molar-refractivity contribution in [1.82, 2.24) is 5.32 Å². The fourth-order valence-corrected chi connectivity index (χ4v) is 2.32. The molecule has 2 rings (SSSR count). The number of hydrogen-bond donors (Lipinski definition) is 2. The van der Waals surface area contributed by atoms with Gasteiger partial charge in [-0.25, -0.2) is 4.39 Å². The first-order chi connectivity index (χ1) is 9.11. The van der Waals surface area contributed by atoms with Gasteiger partial charge in [0.2, 0.25) is 5.91 Å². The van der Waals surface area contributed by atoms with Crippen molar-refractivity contribution in [3.8, 4) is 5.75 Å². The molecule has 0 radical (unpaired) electrons. The highest BCUT2D eigenvalue weighted by molar-refractivity contribution is 5.83. The number of carbonyl (C=O) groups is 1. The highest BCUT2D eigenvalue weighted by atomic mass is 19.1. The van der Waals surface area contributed by atoms with Gasteiger partial charge in [-0.3, -0.25) is 4.79 Å². The smallest absolute Gasteiger partial charge is 0.227 e. The van der Waals surface area contributed by atoms with Crippen LogP contribution in [0.1, 0.15) is 24.8 Å². The summed E-state index contributed by atoms with van der Waals surface area (Å²) in [6, 6.07) is 4.66. The molecule has 1 amide bonds. The van der Waals surface area contributed by atoms with Crippen LogP contribution in [0.15, 0.2) is 18.2 Å². The molecule has 0 unspecified atom stereocenters. The lowest BCUT2D eigenvalue weighted by atomic mass is 9.68. The van der Waals surface area contributed by atoms with E-state index in [0.29, 0.717) is 18.7 Å². The number of nitrogens with two attached hydrogens (primary N) is 1. The Bertz CT molecular complexity index is 467. The van der Waals surface area contributed by atoms with E-state index in [1.54, 1.807) is 12.1 Å². The fraction of sp³-hybridized carbons (Fsp3) is 0.500. The Morgan fingerprint density at radius 3 is 2.74 bits per heavy atom. The maximum Gasteiger partial charge on any atom is 0.227 e. The second kappa shape index (κ2) is 5.57. The lowest BCUT2D eigenvalue weighted by molar-refractivity contribution is -0.135. The molecule has 4 nitrogen and oxygen atoms in total. The van der Waals surface area contributed by atoms with Gasteiger partial charge in [-0.05, 0) is 30.5 Å². The van der Waals surface area contributed by atoms with E-state index >= 15 is 0 Å². The highest BCUT2D eigenvalue weighted by Gasteiger charge is 2.42. The standard InChI is InChI=1S/C14H19FN2O2/c1-19-12-4-3-10(7-11(12)15)8-17-13(18)14(9-16)5-2-6-14/h3-4,7H,2,5-6,8-9,16H2,1H3,(H,17,18). The molecule has 1 aliphatic rings. The highest BCUT2D eigenvalue weighted by Crippen LogP contribution is 2.40. The van der Waals surface area contributed by atoms with Crippen LogP contribution in [0, 0.1) is 11.2 Å². The van der Waals surface area contributed by atoms with Crippen LogP contribution in [0.2, 0.25) is 0 Å². The van der Waals surface area contributed by atoms with E-state index in [-0.39, 0.29) is 11.7 Å². The third kappa shape index (κ3) is 2.71. The molecular formula is C14H19FN2O2. The summed E-state index contributed by atoms with van der Waals surface area (Å²) < 4.78 is 18.3. The van der Waals surface area contributed by atoms with E-state index in [1.165, 1.54) is 13.2 Å². The van der Waals surface area contributed by atoms with Gasteiger partial charge in [-0.15, -0.1) is 0 Å². The summed E-state index contributed by atoms with van der Waals surface area (Å²) in [4.78, 5) is 12.1. The minimum atomic E-state index is -0.425. The Labute approximate surface area is 112 Å². The first-order valence-corrected chi connectivity index (χ1v) is 6.42. The molecule has 0 heterocycles. The SMILES string of the molecule is COc1ccc(CNC(=O)C2(CN)CCC2)cc1F. The predicted molar refractivity (Wildman–Crippen MR) is 70.1 cm³/mol. The number of halogens is 1. The molecule has 5 heteroatoms. The minimum absolute atomic E-state index is 0.0301. The fourth-order valence-electron chi connectivity index (χ4n) is 2.32. The molecule has 1 fully saturated rings. The molecule has 3 N–H and O–H groups in total. The van der Waals surface area contributed by atoms with Gasteiger partial charge in [0.15, 0.2) is 11.6 Å². The molecule has 0 bridgehead atoms. The van der Waals surface area contributed by atoms with Crippen LogP contribution in [0.25, 0.3) is 0 Å². The van der Waals surface area contributed by atoms with Crippen LogP contribution in [0.3, 0.4) is 0 Å². The van der Waals surface area contributed by atoms with Crippen molar-refractivity contribution >= 4 is 5.91 Å². The van der Waals surface area contributed by atoms with Crippen molar-refractivity contribution in [2.24, 2.45) is 11.1 Å². The van der Waals surface area contributed by atoms with Crippen LogP contribution in [-0.4, -0.2) is 19.6 Å². The molecule has 1 aromatic rings. The number of rotatable bonds is 5. The molecule has 0 spiro atoms. The number of ether oxygens (including phenoxy) is 1. The van der Waals surface area contributed by atoms with Crippen molar-refractivity contribution in [3.63, 3.8) is 0 Å². The minimum Gasteiger partial charge on any atom is -0.494 e. The summed E-state index contributed by atoms with van der Waals surface area (Å²) in [5.41, 5.74) is 5.97. The molecule has 0 saturated heterocycles. The summed E-state index contributed by atoms with van der Waals surface area (Å²) in [5.74, 6) is -0.253. The lowest BCUT2D eigenvalue weighted by Gasteiger charge is -2.39. The van der Waals surface area contributed by atoms with Crippen LogP contribution < -0.4 is 15.8 Å². The van der Waals surface area contributed by atoms with E-state index in [1.807, 2.05) is 0 Å². The van der Waals surface area contributed by atoms with Crippen molar-refractivity contribution < 1.29 is 13.9 Å². The van der Waals surface area contributed by atoms with E-state index in [9.17, 15) is 9.18 Å². The van der Waals surface area contributed by atoms with Crippen molar-refractivity contribution in [1.29, 1.82) is 0 Å². The Morgan fingerprint density at radius 2 is 2.26 bits per heavy atom. The zero-order valence-corrected chi connectivity index (χ0v) is 11.0. The second-order valence-corrected chi connectivity index (χ2v) is 4.99. The topological polar surface area (TPSA) is 64.3 Å². The largest absolute Gasteiger partial charge is 0.494 e. The van der Waals surface area contributed by atoms with Gasteiger partial charge in [0.1, 0.15) is 0 Å². The zero-order chi connectivity index (χ0) is 13.9. The maximum atomic E-state index is 13.5. The zero-order valence-electron chi connectivity index (χ0n) is 11.0. The Hall–Kier alpha value is -1.62. The summed E-state index contributed by atoms with van der Waals surface area (Å²) >= 11 is 0. The number of methoxy groups -OCH3 is 1. The molecule has 1 aromatic carbocycles. The summed E-state index contributed by atoms with van der Waals surface area (Å²) in [6.45, 7) is 0.678. The Kier molecular flexibility index (Phi) is 4.04. The van der Waals surface area contributed by atoms with Gasteiger partial charge in [0.05, 0.1) is 12.5 Å². The van der Waals surface area contributed by atoms with E-state index in [2.05, 4.69) is 5.32 Å². The van der Waals surface area contributed by atoms with Gasteiger partial charge < -0.3 is 15.8 Å². The van der Waals surface area contributed by atoms with Gasteiger partial charge in [-0.1, -0.05) is 12.5 Å². The lowest BCUT2D eigenvalue weighted by Crippen LogP contribution is -2.50. The molecule has 0 aromatic heterocycles.